The molecule has 1 aliphatic rings. The van der Waals surface area contributed by atoms with Crippen molar-refractivity contribution in [3.63, 3.8) is 0 Å². The van der Waals surface area contributed by atoms with Crippen LogP contribution in [0.5, 0.6) is 5.75 Å². The first-order valence-electron chi connectivity index (χ1n) is 10.1. The van der Waals surface area contributed by atoms with Gasteiger partial charge in [-0.3, -0.25) is 4.79 Å². The second-order valence-electron chi connectivity index (χ2n) is 7.22. The molecular weight excluding hydrogens is 388 g/mol. The van der Waals surface area contributed by atoms with Gasteiger partial charge in [0.25, 0.3) is 5.91 Å². The Morgan fingerprint density at radius 1 is 1.03 bits per heavy atom. The highest BCUT2D eigenvalue weighted by Gasteiger charge is 2.23. The third-order valence-corrected chi connectivity index (χ3v) is 6.54. The van der Waals surface area contributed by atoms with Crippen molar-refractivity contribution in [2.75, 3.05) is 11.9 Å². The first kappa shape index (κ1) is 21.3. The summed E-state index contributed by atoms with van der Waals surface area (Å²) in [4.78, 5) is 12.7. The number of hydrogen-bond donors (Lipinski definition) is 2. The van der Waals surface area contributed by atoms with Crippen LogP contribution in [0.3, 0.4) is 0 Å². The lowest BCUT2D eigenvalue weighted by molar-refractivity contribution is 0.102. The van der Waals surface area contributed by atoms with E-state index in [-0.39, 0.29) is 16.8 Å². The molecule has 1 aliphatic carbocycles. The lowest BCUT2D eigenvalue weighted by Gasteiger charge is -2.18. The predicted molar refractivity (Wildman–Crippen MR) is 114 cm³/mol. The van der Waals surface area contributed by atoms with Crippen molar-refractivity contribution >= 4 is 21.6 Å². The number of amides is 1. The summed E-state index contributed by atoms with van der Waals surface area (Å²) in [5, 5.41) is 2.78. The highest BCUT2D eigenvalue weighted by atomic mass is 32.2. The van der Waals surface area contributed by atoms with Crippen molar-refractivity contribution in [1.82, 2.24) is 4.72 Å². The van der Waals surface area contributed by atoms with Crippen LogP contribution >= 0.6 is 0 Å². The zero-order valence-electron chi connectivity index (χ0n) is 16.7. The van der Waals surface area contributed by atoms with Gasteiger partial charge in [-0.15, -0.1) is 0 Å². The molecule has 0 atom stereocenters. The smallest absolute Gasteiger partial charge is 0.255 e. The number of sulfonamides is 1. The molecule has 2 aromatic carbocycles. The van der Waals surface area contributed by atoms with Crippen molar-refractivity contribution in [2.45, 2.75) is 56.4 Å². The number of ether oxygens (including phenoxy) is 1. The maximum atomic E-state index is 12.9. The van der Waals surface area contributed by atoms with Crippen molar-refractivity contribution in [3.05, 3.63) is 54.1 Å². The summed E-state index contributed by atoms with van der Waals surface area (Å²) in [5.74, 6) is 0.114. The van der Waals surface area contributed by atoms with Crippen LogP contribution < -0.4 is 14.8 Å². The molecule has 1 fully saturated rings. The fourth-order valence-electron chi connectivity index (χ4n) is 3.52. The van der Waals surface area contributed by atoms with E-state index in [1.165, 1.54) is 12.1 Å². The van der Waals surface area contributed by atoms with Crippen LogP contribution in [0.2, 0.25) is 0 Å². The highest BCUT2D eigenvalue weighted by molar-refractivity contribution is 7.89. The normalized spacial score (nSPS) is 15.5. The van der Waals surface area contributed by atoms with Gasteiger partial charge in [-0.2, -0.15) is 0 Å². The van der Waals surface area contributed by atoms with Gasteiger partial charge in [-0.25, -0.2) is 13.1 Å². The minimum atomic E-state index is -3.69. The molecule has 0 saturated heterocycles. The van der Waals surface area contributed by atoms with Crippen molar-refractivity contribution in [2.24, 2.45) is 0 Å². The third kappa shape index (κ3) is 5.81. The van der Waals surface area contributed by atoms with Gasteiger partial charge in [-0.1, -0.05) is 43.9 Å². The van der Waals surface area contributed by atoms with Crippen LogP contribution in [-0.2, 0) is 10.0 Å². The monoisotopic (exact) mass is 416 g/mol. The van der Waals surface area contributed by atoms with Crippen LogP contribution in [-0.4, -0.2) is 27.0 Å². The fourth-order valence-corrected chi connectivity index (χ4v) is 4.85. The van der Waals surface area contributed by atoms with Crippen molar-refractivity contribution in [1.29, 1.82) is 0 Å². The number of carbonyl (C=O) groups is 1. The van der Waals surface area contributed by atoms with Crippen LogP contribution in [0, 0.1) is 0 Å². The number of anilines is 1. The fraction of sp³-hybridized carbons (Fsp3) is 0.409. The number of hydrogen-bond acceptors (Lipinski definition) is 4. The molecule has 6 nitrogen and oxygen atoms in total. The molecule has 2 N–H and O–H groups in total. The van der Waals surface area contributed by atoms with E-state index >= 15 is 0 Å². The van der Waals surface area contributed by atoms with E-state index in [2.05, 4.69) is 10.0 Å². The zero-order chi connectivity index (χ0) is 20.7. The molecule has 29 heavy (non-hydrogen) atoms. The minimum Gasteiger partial charge on any atom is -0.492 e. The Bertz CT molecular complexity index is 921. The Labute approximate surface area is 172 Å². The average molecular weight is 417 g/mol. The van der Waals surface area contributed by atoms with Crippen molar-refractivity contribution in [3.8, 4) is 5.75 Å². The SMILES string of the molecule is CCOc1ccc(S(=O)(=O)NC2CCCCCC2)cc1NC(=O)c1ccccc1. The van der Waals surface area contributed by atoms with Gasteiger partial charge >= 0.3 is 0 Å². The average Bonchev–Trinajstić information content (AvgIpc) is 2.98. The summed E-state index contributed by atoms with van der Waals surface area (Å²) in [6.45, 7) is 2.24. The Hall–Kier alpha value is -2.38. The molecule has 1 amide bonds. The Kier molecular flexibility index (Phi) is 7.28. The van der Waals surface area contributed by atoms with E-state index in [0.717, 1.165) is 38.5 Å². The van der Waals surface area contributed by atoms with E-state index in [4.69, 9.17) is 4.74 Å². The topological polar surface area (TPSA) is 84.5 Å². The van der Waals surface area contributed by atoms with E-state index < -0.39 is 10.0 Å². The molecule has 0 unspecified atom stereocenters. The lowest BCUT2D eigenvalue weighted by atomic mass is 10.1. The number of benzene rings is 2. The third-order valence-electron chi connectivity index (χ3n) is 5.02. The lowest BCUT2D eigenvalue weighted by Crippen LogP contribution is -2.34. The van der Waals surface area contributed by atoms with Crippen LogP contribution in [0.1, 0.15) is 55.8 Å². The van der Waals surface area contributed by atoms with Gasteiger partial charge in [0.15, 0.2) is 0 Å². The molecule has 156 valence electrons. The quantitative estimate of drug-likeness (QED) is 0.658. The largest absolute Gasteiger partial charge is 0.492 e. The first-order valence-corrected chi connectivity index (χ1v) is 11.6. The van der Waals surface area contributed by atoms with Crippen molar-refractivity contribution < 1.29 is 17.9 Å². The molecule has 7 heteroatoms. The Morgan fingerprint density at radius 3 is 2.38 bits per heavy atom. The molecule has 3 rings (SSSR count). The summed E-state index contributed by atoms with van der Waals surface area (Å²) in [5.41, 5.74) is 0.823. The van der Waals surface area contributed by atoms with Crippen LogP contribution in [0.15, 0.2) is 53.4 Å². The molecule has 0 aliphatic heterocycles. The maximum Gasteiger partial charge on any atom is 0.255 e. The second kappa shape index (κ2) is 9.89. The molecule has 0 heterocycles. The maximum absolute atomic E-state index is 12.9. The van der Waals surface area contributed by atoms with E-state index in [9.17, 15) is 13.2 Å². The van der Waals surface area contributed by atoms with E-state index in [0.29, 0.717) is 23.6 Å². The van der Waals surface area contributed by atoms with Gasteiger partial charge < -0.3 is 10.1 Å². The molecule has 0 bridgehead atoms. The van der Waals surface area contributed by atoms with Crippen LogP contribution in [0.4, 0.5) is 5.69 Å². The van der Waals surface area contributed by atoms with Gasteiger partial charge in [0.2, 0.25) is 10.0 Å². The molecule has 1 saturated carbocycles. The zero-order valence-corrected chi connectivity index (χ0v) is 17.5. The predicted octanol–water partition coefficient (Wildman–Crippen LogP) is 4.34. The summed E-state index contributed by atoms with van der Waals surface area (Å²) in [6.07, 6.45) is 6.08. The van der Waals surface area contributed by atoms with E-state index in [1.807, 2.05) is 13.0 Å². The summed E-state index contributed by atoms with van der Waals surface area (Å²) in [6, 6.07) is 13.3. The van der Waals surface area contributed by atoms with Crippen LogP contribution in [0.25, 0.3) is 0 Å². The minimum absolute atomic E-state index is 0.0450. The Morgan fingerprint density at radius 2 is 1.72 bits per heavy atom. The second-order valence-corrected chi connectivity index (χ2v) is 8.93. The molecule has 2 aromatic rings. The van der Waals surface area contributed by atoms with Gasteiger partial charge in [0, 0.05) is 11.6 Å². The number of carbonyl (C=O) groups excluding carboxylic acids is 1. The standard InChI is InChI=1S/C22H28N2O4S/c1-2-28-21-15-14-19(29(26,27)24-18-12-8-3-4-9-13-18)16-20(21)23-22(25)17-10-6-5-7-11-17/h5-7,10-11,14-16,18,24H,2-4,8-9,12-13H2,1H3,(H,23,25). The number of rotatable bonds is 7. The first-order chi connectivity index (χ1) is 14.0. The van der Waals surface area contributed by atoms with Gasteiger partial charge in [0.1, 0.15) is 5.75 Å². The molecule has 0 radical (unpaired) electrons. The summed E-state index contributed by atoms with van der Waals surface area (Å²) in [7, 11) is -3.69. The Balaban J connectivity index is 1.84. The number of nitrogens with one attached hydrogen (secondary N) is 2. The van der Waals surface area contributed by atoms with Gasteiger partial charge in [0.05, 0.1) is 17.2 Å². The van der Waals surface area contributed by atoms with Gasteiger partial charge in [-0.05, 0) is 50.1 Å². The molecular formula is C22H28N2O4S. The molecule has 0 spiro atoms. The van der Waals surface area contributed by atoms with E-state index in [1.54, 1.807) is 30.3 Å². The molecule has 0 aromatic heterocycles. The summed E-state index contributed by atoms with van der Waals surface area (Å²) >= 11 is 0. The summed E-state index contributed by atoms with van der Waals surface area (Å²) < 4.78 is 34.3. The highest BCUT2D eigenvalue weighted by Crippen LogP contribution is 2.29.